The maximum Gasteiger partial charge on any atom is 0.0345 e. The number of nitrogens with zero attached hydrogens (tertiary/aromatic N) is 1. The molecule has 3 N–H and O–H groups in total. The number of nitrogens with two attached hydrogens (primary N) is 1. The van der Waals surface area contributed by atoms with E-state index in [1.165, 1.54) is 31.6 Å². The van der Waals surface area contributed by atoms with Gasteiger partial charge in [0.1, 0.15) is 0 Å². The molecule has 0 atom stereocenters. The second-order valence-corrected chi connectivity index (χ2v) is 4.55. The standard InChI is InChI=1S/C13H21N3.2ClH/c1-11-10-12(4-5-13(11)14)15-6-9-16-7-2-3-8-16;;/h4-5,10,15H,2-3,6-9,14H2,1H3;2*1H. The van der Waals surface area contributed by atoms with Crippen LogP contribution in [-0.2, 0) is 0 Å². The Balaban J connectivity index is 0.00000144. The summed E-state index contributed by atoms with van der Waals surface area (Å²) >= 11 is 0. The van der Waals surface area contributed by atoms with E-state index in [1.807, 2.05) is 19.1 Å². The molecule has 1 saturated heterocycles. The van der Waals surface area contributed by atoms with Gasteiger partial charge in [-0.3, -0.25) is 0 Å². The zero-order valence-electron chi connectivity index (χ0n) is 10.8. The average molecular weight is 292 g/mol. The Morgan fingerprint density at radius 3 is 2.50 bits per heavy atom. The van der Waals surface area contributed by atoms with Crippen molar-refractivity contribution in [1.29, 1.82) is 0 Å². The molecule has 2 rings (SSSR count). The number of anilines is 2. The zero-order valence-corrected chi connectivity index (χ0v) is 12.4. The Kier molecular flexibility index (Phi) is 8.16. The van der Waals surface area contributed by atoms with Gasteiger partial charge in [0.15, 0.2) is 0 Å². The van der Waals surface area contributed by atoms with Gasteiger partial charge < -0.3 is 16.0 Å². The van der Waals surface area contributed by atoms with Crippen molar-refractivity contribution < 1.29 is 0 Å². The number of halogens is 2. The van der Waals surface area contributed by atoms with Crippen molar-refractivity contribution in [2.75, 3.05) is 37.2 Å². The van der Waals surface area contributed by atoms with E-state index >= 15 is 0 Å². The third-order valence-corrected chi connectivity index (χ3v) is 3.23. The molecule has 0 amide bonds. The third kappa shape index (κ3) is 4.92. The summed E-state index contributed by atoms with van der Waals surface area (Å²) in [6.45, 7) is 6.73. The molecule has 0 bridgehead atoms. The van der Waals surface area contributed by atoms with E-state index in [0.29, 0.717) is 0 Å². The van der Waals surface area contributed by atoms with Crippen LogP contribution < -0.4 is 11.1 Å². The van der Waals surface area contributed by atoms with E-state index in [0.717, 1.165) is 24.3 Å². The van der Waals surface area contributed by atoms with Gasteiger partial charge in [-0.25, -0.2) is 0 Å². The molecular weight excluding hydrogens is 269 g/mol. The van der Waals surface area contributed by atoms with Gasteiger partial charge in [-0.1, -0.05) is 0 Å². The van der Waals surface area contributed by atoms with Gasteiger partial charge in [0.2, 0.25) is 0 Å². The Labute approximate surface area is 122 Å². The summed E-state index contributed by atoms with van der Waals surface area (Å²) in [5.74, 6) is 0. The topological polar surface area (TPSA) is 41.3 Å². The molecule has 18 heavy (non-hydrogen) atoms. The van der Waals surface area contributed by atoms with Gasteiger partial charge in [-0.2, -0.15) is 0 Å². The summed E-state index contributed by atoms with van der Waals surface area (Å²) in [7, 11) is 0. The first-order chi connectivity index (χ1) is 7.75. The first-order valence-corrected chi connectivity index (χ1v) is 6.08. The molecule has 1 fully saturated rings. The molecule has 1 aliphatic rings. The first-order valence-electron chi connectivity index (χ1n) is 6.08. The Morgan fingerprint density at radius 1 is 1.22 bits per heavy atom. The van der Waals surface area contributed by atoms with Gasteiger partial charge in [0.25, 0.3) is 0 Å². The summed E-state index contributed by atoms with van der Waals surface area (Å²) in [4.78, 5) is 2.51. The lowest BCUT2D eigenvalue weighted by Crippen LogP contribution is -2.25. The zero-order chi connectivity index (χ0) is 11.4. The smallest absolute Gasteiger partial charge is 0.0345 e. The summed E-state index contributed by atoms with van der Waals surface area (Å²) in [6, 6.07) is 6.12. The summed E-state index contributed by atoms with van der Waals surface area (Å²) in [5, 5.41) is 3.44. The normalized spacial score (nSPS) is 14.7. The van der Waals surface area contributed by atoms with Crippen molar-refractivity contribution in [1.82, 2.24) is 4.90 Å². The van der Waals surface area contributed by atoms with Crippen LogP contribution in [0.15, 0.2) is 18.2 Å². The lowest BCUT2D eigenvalue weighted by molar-refractivity contribution is 0.352. The van der Waals surface area contributed by atoms with Crippen LogP contribution in [0.25, 0.3) is 0 Å². The largest absolute Gasteiger partial charge is 0.399 e. The number of rotatable bonds is 4. The number of nitrogens with one attached hydrogen (secondary N) is 1. The molecule has 104 valence electrons. The van der Waals surface area contributed by atoms with Crippen molar-refractivity contribution in [3.8, 4) is 0 Å². The molecule has 1 aliphatic heterocycles. The molecular formula is C13H23Cl2N3. The summed E-state index contributed by atoms with van der Waals surface area (Å²) < 4.78 is 0. The van der Waals surface area contributed by atoms with Gasteiger partial charge in [-0.15, -0.1) is 24.8 Å². The maximum atomic E-state index is 5.78. The predicted octanol–water partition coefficient (Wildman–Crippen LogP) is 2.93. The fourth-order valence-electron chi connectivity index (χ4n) is 2.15. The number of benzene rings is 1. The minimum atomic E-state index is 0. The van der Waals surface area contributed by atoms with Crippen LogP contribution in [0.1, 0.15) is 18.4 Å². The van der Waals surface area contributed by atoms with Crippen LogP contribution in [0.2, 0.25) is 0 Å². The van der Waals surface area contributed by atoms with E-state index in [-0.39, 0.29) is 24.8 Å². The lowest BCUT2D eigenvalue weighted by atomic mass is 10.2. The van der Waals surface area contributed by atoms with Crippen LogP contribution in [0.3, 0.4) is 0 Å². The summed E-state index contributed by atoms with van der Waals surface area (Å²) in [6.07, 6.45) is 2.72. The van der Waals surface area contributed by atoms with Crippen LogP contribution in [0, 0.1) is 6.92 Å². The highest BCUT2D eigenvalue weighted by molar-refractivity contribution is 5.85. The first kappa shape index (κ1) is 17.4. The van der Waals surface area contributed by atoms with E-state index in [1.54, 1.807) is 0 Å². The molecule has 0 radical (unpaired) electrons. The third-order valence-electron chi connectivity index (χ3n) is 3.23. The molecule has 1 aromatic rings. The molecule has 1 aromatic carbocycles. The Morgan fingerprint density at radius 2 is 1.89 bits per heavy atom. The molecule has 1 heterocycles. The number of aryl methyl sites for hydroxylation is 1. The Hall–Kier alpha value is -0.640. The van der Waals surface area contributed by atoms with E-state index in [2.05, 4.69) is 16.3 Å². The highest BCUT2D eigenvalue weighted by Gasteiger charge is 2.10. The van der Waals surface area contributed by atoms with Crippen molar-refractivity contribution in [2.45, 2.75) is 19.8 Å². The summed E-state index contributed by atoms with van der Waals surface area (Å²) in [5.41, 5.74) is 8.96. The van der Waals surface area contributed by atoms with E-state index < -0.39 is 0 Å². The fourth-order valence-corrected chi connectivity index (χ4v) is 2.15. The minimum Gasteiger partial charge on any atom is -0.399 e. The van der Waals surface area contributed by atoms with Gasteiger partial charge in [0, 0.05) is 24.5 Å². The van der Waals surface area contributed by atoms with Crippen molar-refractivity contribution in [3.05, 3.63) is 23.8 Å². The van der Waals surface area contributed by atoms with Gasteiger partial charge >= 0.3 is 0 Å². The van der Waals surface area contributed by atoms with Crippen molar-refractivity contribution in [3.63, 3.8) is 0 Å². The molecule has 3 nitrogen and oxygen atoms in total. The average Bonchev–Trinajstić information content (AvgIpc) is 2.76. The van der Waals surface area contributed by atoms with Crippen LogP contribution in [-0.4, -0.2) is 31.1 Å². The lowest BCUT2D eigenvalue weighted by Gasteiger charge is -2.15. The Bertz CT molecular complexity index is 352. The monoisotopic (exact) mass is 291 g/mol. The minimum absolute atomic E-state index is 0. The molecule has 0 saturated carbocycles. The van der Waals surface area contributed by atoms with Crippen LogP contribution in [0.4, 0.5) is 11.4 Å². The van der Waals surface area contributed by atoms with Crippen LogP contribution in [0.5, 0.6) is 0 Å². The highest BCUT2D eigenvalue weighted by Crippen LogP contribution is 2.16. The number of hydrogen-bond donors (Lipinski definition) is 2. The van der Waals surface area contributed by atoms with Crippen LogP contribution >= 0.6 is 24.8 Å². The second-order valence-electron chi connectivity index (χ2n) is 4.55. The molecule has 0 aromatic heterocycles. The number of nitrogen functional groups attached to an aromatic ring is 1. The number of likely N-dealkylation sites (tertiary alicyclic amines) is 1. The maximum absolute atomic E-state index is 5.78. The quantitative estimate of drug-likeness (QED) is 0.838. The predicted molar refractivity (Wildman–Crippen MR) is 84.3 cm³/mol. The molecule has 5 heteroatoms. The van der Waals surface area contributed by atoms with E-state index in [4.69, 9.17) is 5.73 Å². The number of hydrogen-bond acceptors (Lipinski definition) is 3. The molecule has 0 unspecified atom stereocenters. The molecule has 0 spiro atoms. The van der Waals surface area contributed by atoms with Crippen molar-refractivity contribution in [2.24, 2.45) is 0 Å². The van der Waals surface area contributed by atoms with Gasteiger partial charge in [-0.05, 0) is 56.6 Å². The second kappa shape index (κ2) is 8.46. The highest BCUT2D eigenvalue weighted by atomic mass is 35.5. The van der Waals surface area contributed by atoms with Gasteiger partial charge in [0.05, 0.1) is 0 Å². The van der Waals surface area contributed by atoms with E-state index in [9.17, 15) is 0 Å². The molecule has 0 aliphatic carbocycles. The SMILES string of the molecule is Cc1cc(NCCN2CCCC2)ccc1N.Cl.Cl. The fraction of sp³-hybridized carbons (Fsp3) is 0.538. The van der Waals surface area contributed by atoms with Crippen molar-refractivity contribution >= 4 is 36.2 Å².